The van der Waals surface area contributed by atoms with Crippen LogP contribution in [0.2, 0.25) is 0 Å². The number of aliphatic hydroxyl groups is 4. The molecule has 0 heterocycles. The average Bonchev–Trinajstić information content (AvgIpc) is 2.68. The van der Waals surface area contributed by atoms with Gasteiger partial charge in [0.1, 0.15) is 0 Å². The molecule has 2 aromatic carbocycles. The van der Waals surface area contributed by atoms with Crippen molar-refractivity contribution in [2.24, 2.45) is 0 Å². The lowest BCUT2D eigenvalue weighted by molar-refractivity contribution is -0.0423. The number of hydrogen-bond acceptors (Lipinski definition) is 8. The Hall–Kier alpha value is -2.52. The van der Waals surface area contributed by atoms with Crippen molar-refractivity contribution in [2.45, 2.75) is 19.3 Å². The van der Waals surface area contributed by atoms with Gasteiger partial charge in [0, 0.05) is 55.3 Å². The molecule has 2 aromatic rings. The number of nitrogens with two attached hydrogens (primary N) is 1. The van der Waals surface area contributed by atoms with E-state index in [1.54, 1.807) is 0 Å². The first-order chi connectivity index (χ1) is 13.5. The van der Waals surface area contributed by atoms with Gasteiger partial charge in [-0.05, 0) is 48.0 Å². The van der Waals surface area contributed by atoms with Crippen molar-refractivity contribution >= 4 is 22.7 Å². The highest BCUT2D eigenvalue weighted by molar-refractivity contribution is 5.60. The minimum atomic E-state index is -1.32. The Morgan fingerprint density at radius 2 is 1.54 bits per heavy atom. The molecule has 0 saturated carbocycles. The van der Waals surface area contributed by atoms with Gasteiger partial charge in [-0.2, -0.15) is 0 Å². The van der Waals surface area contributed by atoms with E-state index in [0.717, 1.165) is 22.6 Å². The molecular weight excluding hydrogens is 360 g/mol. The molecule has 0 spiro atoms. The number of nitrogens with one attached hydrogen (secondary N) is 2. The molecule has 8 N–H and O–H groups in total. The summed E-state index contributed by atoms with van der Waals surface area (Å²) < 4.78 is 0. The van der Waals surface area contributed by atoms with Crippen molar-refractivity contribution in [1.29, 1.82) is 0 Å². The van der Waals surface area contributed by atoms with E-state index in [4.69, 9.17) is 26.2 Å². The van der Waals surface area contributed by atoms with E-state index in [1.165, 1.54) is 0 Å². The fraction of sp³-hybridized carbons (Fsp3) is 0.400. The lowest BCUT2D eigenvalue weighted by Crippen LogP contribution is -2.29. The van der Waals surface area contributed by atoms with Gasteiger partial charge in [-0.15, -0.1) is 0 Å². The molecule has 0 amide bonds. The van der Waals surface area contributed by atoms with Crippen LogP contribution in [-0.2, 0) is 6.54 Å². The van der Waals surface area contributed by atoms with E-state index in [0.29, 0.717) is 31.9 Å². The van der Waals surface area contributed by atoms with Crippen LogP contribution in [-0.4, -0.2) is 59.6 Å². The molecule has 2 rings (SSSR count). The predicted molar refractivity (Wildman–Crippen MR) is 112 cm³/mol. The van der Waals surface area contributed by atoms with E-state index in [9.17, 15) is 0 Å². The molecule has 0 bridgehead atoms. The second kappa shape index (κ2) is 11.4. The number of nitrogen functional groups attached to an aromatic ring is 1. The van der Waals surface area contributed by atoms with Crippen molar-refractivity contribution in [3.8, 4) is 0 Å². The van der Waals surface area contributed by atoms with E-state index >= 15 is 0 Å². The molecule has 0 radical (unpaired) electrons. The van der Waals surface area contributed by atoms with E-state index in [-0.39, 0.29) is 19.6 Å². The van der Waals surface area contributed by atoms with Crippen molar-refractivity contribution < 1.29 is 20.4 Å². The zero-order valence-corrected chi connectivity index (χ0v) is 15.9. The number of benzene rings is 2. The van der Waals surface area contributed by atoms with Gasteiger partial charge in [0.2, 0.25) is 0 Å². The van der Waals surface area contributed by atoms with Crippen LogP contribution >= 0.6 is 0 Å². The van der Waals surface area contributed by atoms with E-state index < -0.39 is 6.29 Å². The Morgan fingerprint density at radius 1 is 0.893 bits per heavy atom. The summed E-state index contributed by atoms with van der Waals surface area (Å²) in [6.07, 6.45) is -1.08. The number of anilines is 4. The van der Waals surface area contributed by atoms with Crippen LogP contribution in [0, 0.1) is 0 Å². The lowest BCUT2D eigenvalue weighted by Gasteiger charge is -2.23. The normalized spacial score (nSPS) is 10.9. The summed E-state index contributed by atoms with van der Waals surface area (Å²) in [5, 5.41) is 42.6. The molecule has 0 atom stereocenters. The topological polar surface area (TPSA) is 134 Å². The highest BCUT2D eigenvalue weighted by atomic mass is 16.5. The summed E-state index contributed by atoms with van der Waals surface area (Å²) in [5.74, 6) is 0. The Labute approximate surface area is 165 Å². The Bertz CT molecular complexity index is 704. The molecule has 0 saturated heterocycles. The van der Waals surface area contributed by atoms with Gasteiger partial charge in [0.15, 0.2) is 6.29 Å². The maximum atomic E-state index is 9.14. The number of hydrogen-bond donors (Lipinski definition) is 7. The summed E-state index contributed by atoms with van der Waals surface area (Å²) in [7, 11) is 0. The fourth-order valence-corrected chi connectivity index (χ4v) is 2.81. The minimum Gasteiger partial charge on any atom is -0.398 e. The SMILES string of the molecule is Nc1ccc(NCCC(O)O)cc1CNc1ccc(N(CCO)CCO)cc1. The summed E-state index contributed by atoms with van der Waals surface area (Å²) in [5.41, 5.74) is 10.4. The van der Waals surface area contributed by atoms with Gasteiger partial charge in [-0.1, -0.05) is 0 Å². The number of aliphatic hydroxyl groups excluding tert-OH is 3. The third-order valence-electron chi connectivity index (χ3n) is 4.33. The monoisotopic (exact) mass is 390 g/mol. The largest absolute Gasteiger partial charge is 0.398 e. The third kappa shape index (κ3) is 6.90. The zero-order valence-electron chi connectivity index (χ0n) is 15.9. The maximum Gasteiger partial charge on any atom is 0.153 e. The molecule has 0 aliphatic carbocycles. The van der Waals surface area contributed by atoms with Crippen LogP contribution in [0.15, 0.2) is 42.5 Å². The smallest absolute Gasteiger partial charge is 0.153 e. The molecule has 8 nitrogen and oxygen atoms in total. The standard InChI is InChI=1S/C20H30N4O4/c21-19-6-3-17(22-8-7-20(27)28)13-15(19)14-23-16-1-4-18(5-2-16)24(9-11-25)10-12-26/h1-6,13,20,22-23,25-28H,7-12,14,21H2. The Morgan fingerprint density at radius 3 is 2.14 bits per heavy atom. The van der Waals surface area contributed by atoms with Gasteiger partial charge in [-0.3, -0.25) is 0 Å². The first-order valence-electron chi connectivity index (χ1n) is 9.32. The summed E-state index contributed by atoms with van der Waals surface area (Å²) >= 11 is 0. The van der Waals surface area contributed by atoms with Crippen molar-refractivity contribution in [3.05, 3.63) is 48.0 Å². The van der Waals surface area contributed by atoms with Crippen molar-refractivity contribution in [1.82, 2.24) is 0 Å². The summed E-state index contributed by atoms with van der Waals surface area (Å²) in [4.78, 5) is 1.92. The fourth-order valence-electron chi connectivity index (χ4n) is 2.81. The number of nitrogens with zero attached hydrogens (tertiary/aromatic N) is 1. The van der Waals surface area contributed by atoms with Crippen LogP contribution < -0.4 is 21.3 Å². The molecule has 0 aliphatic rings. The molecule has 0 unspecified atom stereocenters. The molecule has 0 aromatic heterocycles. The van der Waals surface area contributed by atoms with Crippen LogP contribution in [0.1, 0.15) is 12.0 Å². The molecule has 0 fully saturated rings. The summed E-state index contributed by atoms with van der Waals surface area (Å²) in [6.45, 7) is 1.99. The van der Waals surface area contributed by atoms with Crippen LogP contribution in [0.4, 0.5) is 22.7 Å². The highest BCUT2D eigenvalue weighted by Crippen LogP contribution is 2.21. The first-order valence-corrected chi connectivity index (χ1v) is 9.32. The van der Waals surface area contributed by atoms with E-state index in [1.807, 2.05) is 47.4 Å². The highest BCUT2D eigenvalue weighted by Gasteiger charge is 2.06. The van der Waals surface area contributed by atoms with Crippen LogP contribution in [0.3, 0.4) is 0 Å². The average molecular weight is 390 g/mol. The third-order valence-corrected chi connectivity index (χ3v) is 4.33. The van der Waals surface area contributed by atoms with Crippen molar-refractivity contribution in [3.63, 3.8) is 0 Å². The molecule has 28 heavy (non-hydrogen) atoms. The Balaban J connectivity index is 1.95. The van der Waals surface area contributed by atoms with E-state index in [2.05, 4.69) is 10.6 Å². The Kier molecular flexibility index (Phi) is 8.83. The van der Waals surface area contributed by atoms with Gasteiger partial charge < -0.3 is 41.7 Å². The predicted octanol–water partition coefficient (Wildman–Crippen LogP) is 0.785. The molecule has 8 heteroatoms. The molecular formula is C20H30N4O4. The van der Waals surface area contributed by atoms with Crippen molar-refractivity contribution in [2.75, 3.05) is 54.1 Å². The van der Waals surface area contributed by atoms with Gasteiger partial charge >= 0.3 is 0 Å². The molecule has 0 aliphatic heterocycles. The zero-order chi connectivity index (χ0) is 20.4. The number of rotatable bonds is 12. The van der Waals surface area contributed by atoms with Crippen LogP contribution in [0.5, 0.6) is 0 Å². The lowest BCUT2D eigenvalue weighted by atomic mass is 10.1. The maximum absolute atomic E-state index is 9.14. The van der Waals surface area contributed by atoms with Gasteiger partial charge in [0.25, 0.3) is 0 Å². The minimum absolute atomic E-state index is 0.0287. The van der Waals surface area contributed by atoms with Gasteiger partial charge in [-0.25, -0.2) is 0 Å². The first kappa shape index (κ1) is 21.8. The van der Waals surface area contributed by atoms with Gasteiger partial charge in [0.05, 0.1) is 13.2 Å². The van der Waals surface area contributed by atoms with Crippen LogP contribution in [0.25, 0.3) is 0 Å². The quantitative estimate of drug-likeness (QED) is 0.209. The summed E-state index contributed by atoms with van der Waals surface area (Å²) in [6, 6.07) is 13.4. The second-order valence-corrected chi connectivity index (χ2v) is 6.44. The molecule has 154 valence electrons. The second-order valence-electron chi connectivity index (χ2n) is 6.44.